The largest absolute Gasteiger partial charge is 0.525 e. The minimum Gasteiger partial charge on any atom is -0.481 e. The summed E-state index contributed by atoms with van der Waals surface area (Å²) in [6.45, 7) is 6.87. The molecule has 1 heterocycles. The Morgan fingerprint density at radius 1 is 1.25 bits per heavy atom. The van der Waals surface area contributed by atoms with E-state index in [1.807, 2.05) is 0 Å². The first-order chi connectivity index (χ1) is 7.09. The molecule has 1 aliphatic heterocycles. The van der Waals surface area contributed by atoms with Gasteiger partial charge in [-0.15, -0.1) is 5.06 Å². The molecule has 0 amide bonds. The normalized spacial score (nSPS) is 27.6. The Bertz CT molecular complexity index is 323. The van der Waals surface area contributed by atoms with Crippen molar-refractivity contribution < 1.29 is 24.6 Å². The maximum absolute atomic E-state index is 11.1. The molecule has 1 unspecified atom stereocenters. The second-order valence-electron chi connectivity index (χ2n) is 5.21. The van der Waals surface area contributed by atoms with E-state index in [1.165, 1.54) is 5.06 Å². The molecule has 1 saturated heterocycles. The van der Waals surface area contributed by atoms with Gasteiger partial charge in [0, 0.05) is 0 Å². The Morgan fingerprint density at radius 3 is 2.06 bits per heavy atom. The number of nitrogens with zero attached hydrogens (tertiary/aromatic N) is 1. The van der Waals surface area contributed by atoms with Crippen LogP contribution in [-0.2, 0) is 9.63 Å². The summed E-state index contributed by atoms with van der Waals surface area (Å²) in [5.41, 5.74) is -1.47. The highest BCUT2D eigenvalue weighted by Gasteiger charge is 2.57. The topological polar surface area (TPSA) is 87.1 Å². The second-order valence-corrected chi connectivity index (χ2v) is 5.21. The van der Waals surface area contributed by atoms with Gasteiger partial charge in [-0.3, -0.25) is 4.79 Å². The van der Waals surface area contributed by atoms with Crippen molar-refractivity contribution in [2.75, 3.05) is 0 Å². The molecule has 0 aliphatic carbocycles. The first-order valence-electron chi connectivity index (χ1n) is 5.03. The summed E-state index contributed by atoms with van der Waals surface area (Å²) in [6, 6.07) is 0. The molecular weight excluding hydrogens is 214 g/mol. The van der Waals surface area contributed by atoms with Crippen molar-refractivity contribution in [3.8, 4) is 0 Å². The van der Waals surface area contributed by atoms with Crippen LogP contribution in [0, 0.1) is 5.92 Å². The molecule has 0 bridgehead atoms. The lowest BCUT2D eigenvalue weighted by atomic mass is 9.87. The van der Waals surface area contributed by atoms with E-state index in [1.54, 1.807) is 27.7 Å². The molecule has 0 saturated carbocycles. The van der Waals surface area contributed by atoms with Gasteiger partial charge in [-0.05, 0) is 34.1 Å². The first kappa shape index (κ1) is 12.8. The van der Waals surface area contributed by atoms with Gasteiger partial charge in [0.1, 0.15) is 0 Å². The second kappa shape index (κ2) is 3.62. The Hall–Kier alpha value is -1.30. The smallest absolute Gasteiger partial charge is 0.481 e. The van der Waals surface area contributed by atoms with Crippen molar-refractivity contribution in [2.45, 2.75) is 45.2 Å². The van der Waals surface area contributed by atoms with E-state index in [4.69, 9.17) is 15.1 Å². The summed E-state index contributed by atoms with van der Waals surface area (Å²) in [5, 5.41) is 19.0. The predicted molar refractivity (Wildman–Crippen MR) is 54.8 cm³/mol. The van der Waals surface area contributed by atoms with Gasteiger partial charge in [-0.25, -0.2) is 4.79 Å². The van der Waals surface area contributed by atoms with Gasteiger partial charge in [0.05, 0.1) is 17.0 Å². The summed E-state index contributed by atoms with van der Waals surface area (Å²) >= 11 is 0. The Kier molecular flexibility index (Phi) is 2.89. The van der Waals surface area contributed by atoms with Crippen LogP contribution in [0.1, 0.15) is 34.1 Å². The number of carboxylic acids is 1. The average Bonchev–Trinajstić information content (AvgIpc) is 2.24. The molecule has 1 rings (SSSR count). The minimum absolute atomic E-state index is 0.350. The van der Waals surface area contributed by atoms with Crippen molar-refractivity contribution in [3.05, 3.63) is 0 Å². The number of rotatable bonds is 2. The van der Waals surface area contributed by atoms with Crippen LogP contribution in [0.5, 0.6) is 0 Å². The van der Waals surface area contributed by atoms with Gasteiger partial charge in [0.25, 0.3) is 0 Å². The van der Waals surface area contributed by atoms with Crippen molar-refractivity contribution in [1.82, 2.24) is 5.06 Å². The van der Waals surface area contributed by atoms with Crippen molar-refractivity contribution in [2.24, 2.45) is 5.92 Å². The van der Waals surface area contributed by atoms with Crippen molar-refractivity contribution in [3.63, 3.8) is 0 Å². The van der Waals surface area contributed by atoms with Gasteiger partial charge in [0.15, 0.2) is 0 Å². The van der Waals surface area contributed by atoms with Crippen LogP contribution in [-0.4, -0.2) is 38.5 Å². The van der Waals surface area contributed by atoms with Gasteiger partial charge < -0.3 is 15.1 Å². The predicted octanol–water partition coefficient (Wildman–Crippen LogP) is 1.56. The van der Waals surface area contributed by atoms with E-state index < -0.39 is 29.1 Å². The van der Waals surface area contributed by atoms with Crippen LogP contribution < -0.4 is 0 Å². The maximum atomic E-state index is 11.1. The van der Waals surface area contributed by atoms with Crippen LogP contribution in [0.2, 0.25) is 0 Å². The van der Waals surface area contributed by atoms with Crippen LogP contribution >= 0.6 is 0 Å². The zero-order valence-corrected chi connectivity index (χ0v) is 9.85. The highest BCUT2D eigenvalue weighted by molar-refractivity contribution is 5.72. The number of aliphatic carboxylic acids is 1. The third kappa shape index (κ3) is 1.97. The SMILES string of the molecule is CC1(C)CC(C(=O)O)C(C)(C)N1OC(=O)O. The maximum Gasteiger partial charge on any atom is 0.525 e. The number of hydroxylamine groups is 2. The summed E-state index contributed by atoms with van der Waals surface area (Å²) in [4.78, 5) is 26.4. The lowest BCUT2D eigenvalue weighted by Gasteiger charge is -2.37. The average molecular weight is 231 g/mol. The zero-order chi connectivity index (χ0) is 12.7. The van der Waals surface area contributed by atoms with E-state index in [2.05, 4.69) is 0 Å². The Balaban J connectivity index is 3.05. The van der Waals surface area contributed by atoms with E-state index in [0.717, 1.165) is 0 Å². The quantitative estimate of drug-likeness (QED) is 0.749. The summed E-state index contributed by atoms with van der Waals surface area (Å²) in [6.07, 6.45) is -1.07. The molecule has 2 N–H and O–H groups in total. The molecule has 0 radical (unpaired) electrons. The highest BCUT2D eigenvalue weighted by atomic mass is 16.8. The molecule has 0 aromatic rings. The van der Waals surface area contributed by atoms with E-state index in [9.17, 15) is 9.59 Å². The van der Waals surface area contributed by atoms with E-state index in [-0.39, 0.29) is 0 Å². The first-order valence-corrected chi connectivity index (χ1v) is 5.03. The number of carboxylic acid groups (broad SMARTS) is 2. The van der Waals surface area contributed by atoms with Gasteiger partial charge in [-0.1, -0.05) is 0 Å². The third-order valence-corrected chi connectivity index (χ3v) is 3.10. The van der Waals surface area contributed by atoms with Gasteiger partial charge >= 0.3 is 12.1 Å². The molecule has 0 aromatic carbocycles. The molecule has 1 fully saturated rings. The van der Waals surface area contributed by atoms with Crippen LogP contribution in [0.15, 0.2) is 0 Å². The monoisotopic (exact) mass is 231 g/mol. The highest BCUT2D eigenvalue weighted by Crippen LogP contribution is 2.45. The van der Waals surface area contributed by atoms with E-state index >= 15 is 0 Å². The fourth-order valence-corrected chi connectivity index (χ4v) is 2.46. The fourth-order valence-electron chi connectivity index (χ4n) is 2.46. The van der Waals surface area contributed by atoms with Crippen LogP contribution in [0.3, 0.4) is 0 Å². The standard InChI is InChI=1S/C10H17NO5/c1-9(2)5-6(7(12)13)10(3,4)11(9)16-8(14)15/h6H,5H2,1-4H3,(H,12,13)(H,14,15). The van der Waals surface area contributed by atoms with Crippen molar-refractivity contribution >= 4 is 12.1 Å². The Morgan fingerprint density at radius 2 is 1.75 bits per heavy atom. The Labute approximate surface area is 93.8 Å². The summed E-state index contributed by atoms with van der Waals surface area (Å²) < 4.78 is 0. The zero-order valence-electron chi connectivity index (χ0n) is 9.85. The molecule has 0 spiro atoms. The molecule has 1 aliphatic rings. The minimum atomic E-state index is -1.42. The third-order valence-electron chi connectivity index (χ3n) is 3.10. The number of carbonyl (C=O) groups is 2. The lowest BCUT2D eigenvalue weighted by Crippen LogP contribution is -2.51. The molecular formula is C10H17NO5. The van der Waals surface area contributed by atoms with E-state index in [0.29, 0.717) is 6.42 Å². The molecule has 6 heteroatoms. The molecule has 6 nitrogen and oxygen atoms in total. The van der Waals surface area contributed by atoms with Gasteiger partial charge in [-0.2, -0.15) is 0 Å². The summed E-state index contributed by atoms with van der Waals surface area (Å²) in [5.74, 6) is -1.59. The molecule has 92 valence electrons. The lowest BCUT2D eigenvalue weighted by molar-refractivity contribution is -0.209. The molecule has 16 heavy (non-hydrogen) atoms. The fraction of sp³-hybridized carbons (Fsp3) is 0.800. The van der Waals surface area contributed by atoms with Gasteiger partial charge in [0.2, 0.25) is 0 Å². The molecule has 0 aromatic heterocycles. The van der Waals surface area contributed by atoms with Crippen LogP contribution in [0.25, 0.3) is 0 Å². The summed E-state index contributed by atoms with van der Waals surface area (Å²) in [7, 11) is 0. The molecule has 1 atom stereocenters. The number of hydrogen-bond donors (Lipinski definition) is 2. The van der Waals surface area contributed by atoms with Crippen LogP contribution in [0.4, 0.5) is 4.79 Å². The number of hydrogen-bond acceptors (Lipinski definition) is 4. The van der Waals surface area contributed by atoms with Crippen molar-refractivity contribution in [1.29, 1.82) is 0 Å².